The Morgan fingerprint density at radius 3 is 2.43 bits per heavy atom. The number of aliphatic hydroxyl groups excluding tert-OH is 2. The number of ketones is 2. The SMILES string of the molecule is CO[C@@H]1[C@@H](O)[C@H](C[C@H](C)[C@@H]2CC[C@H](C)/C=C\CC/C=C/C(=O)[C@@H](C)[C@@H]3CC[C@@H](C)[C@@](O)(O3)C(=O)C(=O)N3CCCC[C@H]3C(=O)O2)CC[C@H]1O. The van der Waals surface area contributed by atoms with Crippen molar-refractivity contribution in [2.45, 2.75) is 147 Å². The molecule has 49 heavy (non-hydrogen) atoms. The number of carbonyl (C=O) groups is 4. The number of carbonyl (C=O) groups excluding carboxylic acids is 4. The van der Waals surface area contributed by atoms with E-state index in [0.29, 0.717) is 64.2 Å². The van der Waals surface area contributed by atoms with Crippen LogP contribution in [0, 0.1) is 29.6 Å². The second-order valence-electron chi connectivity index (χ2n) is 15.1. The van der Waals surface area contributed by atoms with E-state index in [9.17, 15) is 34.5 Å². The van der Waals surface area contributed by atoms with Crippen LogP contribution in [-0.2, 0) is 33.4 Å². The first-order chi connectivity index (χ1) is 23.3. The lowest BCUT2D eigenvalue weighted by molar-refractivity contribution is -0.268. The molecule has 0 spiro atoms. The lowest BCUT2D eigenvalue weighted by atomic mass is 9.76. The van der Waals surface area contributed by atoms with Crippen molar-refractivity contribution < 1.29 is 48.7 Å². The largest absolute Gasteiger partial charge is 0.461 e. The van der Waals surface area contributed by atoms with Crippen LogP contribution in [0.3, 0.4) is 0 Å². The molecule has 2 bridgehead atoms. The van der Waals surface area contributed by atoms with Crippen molar-refractivity contribution in [2.24, 2.45) is 29.6 Å². The fourth-order valence-electron chi connectivity index (χ4n) is 8.01. The van der Waals surface area contributed by atoms with Crippen LogP contribution in [0.5, 0.6) is 0 Å². The first-order valence-corrected chi connectivity index (χ1v) is 18.5. The van der Waals surface area contributed by atoms with E-state index in [0.717, 1.165) is 12.8 Å². The summed E-state index contributed by atoms with van der Waals surface area (Å²) in [5, 5.41) is 32.9. The summed E-state index contributed by atoms with van der Waals surface area (Å²) in [6, 6.07) is -0.997. The van der Waals surface area contributed by atoms with E-state index in [-0.39, 0.29) is 30.1 Å². The zero-order chi connectivity index (χ0) is 35.9. The third-order valence-electron chi connectivity index (χ3n) is 11.5. The van der Waals surface area contributed by atoms with Crippen molar-refractivity contribution in [3.63, 3.8) is 0 Å². The van der Waals surface area contributed by atoms with Crippen LogP contribution >= 0.6 is 0 Å². The molecule has 1 amide bonds. The van der Waals surface area contributed by atoms with E-state index in [4.69, 9.17) is 14.2 Å². The summed E-state index contributed by atoms with van der Waals surface area (Å²) in [7, 11) is 1.48. The highest BCUT2D eigenvalue weighted by Crippen LogP contribution is 2.38. The van der Waals surface area contributed by atoms with E-state index < -0.39 is 71.8 Å². The molecule has 11 heteroatoms. The number of methoxy groups -OCH3 is 1. The number of Topliss-reactive ketones (excluding diaryl/α,β-unsaturated/α-hetero) is 1. The molecule has 0 aromatic carbocycles. The molecule has 0 radical (unpaired) electrons. The summed E-state index contributed by atoms with van der Waals surface area (Å²) >= 11 is 0. The summed E-state index contributed by atoms with van der Waals surface area (Å²) in [6.45, 7) is 7.61. The molecule has 2 saturated heterocycles. The van der Waals surface area contributed by atoms with Gasteiger partial charge in [0, 0.05) is 25.5 Å². The van der Waals surface area contributed by atoms with Crippen molar-refractivity contribution in [3.05, 3.63) is 24.3 Å². The maximum absolute atomic E-state index is 14.0. The highest BCUT2D eigenvalue weighted by molar-refractivity contribution is 6.39. The zero-order valence-electron chi connectivity index (χ0n) is 30.0. The number of ether oxygens (including phenoxy) is 3. The van der Waals surface area contributed by atoms with E-state index in [2.05, 4.69) is 19.1 Å². The van der Waals surface area contributed by atoms with Gasteiger partial charge in [0.15, 0.2) is 5.78 Å². The van der Waals surface area contributed by atoms with Gasteiger partial charge in [-0.3, -0.25) is 14.4 Å². The number of piperidine rings is 1. The lowest BCUT2D eigenvalue weighted by Crippen LogP contribution is -2.61. The number of aliphatic hydroxyl groups is 3. The molecule has 3 N–H and O–H groups in total. The second-order valence-corrected chi connectivity index (χ2v) is 15.1. The Kier molecular flexibility index (Phi) is 14.2. The molecule has 4 aliphatic rings. The standard InChI is InChI=1S/C38H59NO10/c1-23-12-8-6-7-9-14-29(40)26(4)32-20-16-25(3)38(46,49-32)35(43)36(44)39-21-11-10-13-28(39)37(45)48-31(19-15-23)24(2)22-27-17-18-30(41)34(47-5)33(27)42/h8-9,12,14,23-28,30-34,41-42,46H,6-7,10-11,13,15-22H2,1-5H3/b12-8-,14-9+/t23-,24+,25-,26-,27+,28+,30-,31+,32+,33+,34+,38-/m1/s1. The quantitative estimate of drug-likeness (QED) is 0.223. The van der Waals surface area contributed by atoms with Gasteiger partial charge < -0.3 is 34.4 Å². The molecule has 11 nitrogen and oxygen atoms in total. The van der Waals surface area contributed by atoms with Crippen LogP contribution in [-0.4, -0.2) is 99.7 Å². The normalized spacial score (nSPS) is 41.2. The summed E-state index contributed by atoms with van der Waals surface area (Å²) in [5.41, 5.74) is 0. The van der Waals surface area contributed by atoms with Crippen molar-refractivity contribution in [1.29, 1.82) is 0 Å². The number of nitrogens with zero attached hydrogens (tertiary/aromatic N) is 1. The number of amides is 1. The molecule has 3 aliphatic heterocycles. The van der Waals surface area contributed by atoms with E-state index in [1.54, 1.807) is 13.8 Å². The Hall–Kier alpha value is -2.44. The number of hydrogen-bond donors (Lipinski definition) is 3. The van der Waals surface area contributed by atoms with Crippen molar-refractivity contribution >= 4 is 23.4 Å². The minimum absolute atomic E-state index is 0.151. The first kappa shape index (κ1) is 39.3. The predicted octanol–water partition coefficient (Wildman–Crippen LogP) is 4.05. The van der Waals surface area contributed by atoms with Gasteiger partial charge in [-0.15, -0.1) is 0 Å². The van der Waals surface area contributed by atoms with Crippen LogP contribution in [0.4, 0.5) is 0 Å². The van der Waals surface area contributed by atoms with Gasteiger partial charge >= 0.3 is 5.97 Å². The number of esters is 1. The zero-order valence-corrected chi connectivity index (χ0v) is 30.0. The van der Waals surface area contributed by atoms with Crippen LogP contribution < -0.4 is 0 Å². The monoisotopic (exact) mass is 689 g/mol. The van der Waals surface area contributed by atoms with Gasteiger partial charge in [0.25, 0.3) is 11.7 Å². The van der Waals surface area contributed by atoms with Gasteiger partial charge in [0.2, 0.25) is 5.79 Å². The fourth-order valence-corrected chi connectivity index (χ4v) is 8.01. The van der Waals surface area contributed by atoms with Crippen LogP contribution in [0.1, 0.15) is 105 Å². The number of fused-ring (bicyclic) bond motifs is 3. The highest BCUT2D eigenvalue weighted by Gasteiger charge is 2.53. The van der Waals surface area contributed by atoms with E-state index >= 15 is 0 Å². The van der Waals surface area contributed by atoms with Gasteiger partial charge in [-0.25, -0.2) is 4.79 Å². The highest BCUT2D eigenvalue weighted by atomic mass is 16.6. The average Bonchev–Trinajstić information content (AvgIpc) is 3.09. The number of rotatable bonds is 4. The smallest absolute Gasteiger partial charge is 0.329 e. The van der Waals surface area contributed by atoms with Gasteiger partial charge in [0.05, 0.1) is 18.3 Å². The third kappa shape index (κ3) is 9.47. The molecule has 0 aromatic heterocycles. The first-order valence-electron chi connectivity index (χ1n) is 18.5. The third-order valence-corrected chi connectivity index (χ3v) is 11.5. The molecule has 0 unspecified atom stereocenters. The Balaban J connectivity index is 1.60. The van der Waals surface area contributed by atoms with Crippen LogP contribution in [0.15, 0.2) is 24.3 Å². The molecule has 3 heterocycles. The van der Waals surface area contributed by atoms with Gasteiger partial charge in [0.1, 0.15) is 18.2 Å². The van der Waals surface area contributed by atoms with Gasteiger partial charge in [-0.05, 0) is 101 Å². The maximum Gasteiger partial charge on any atom is 0.329 e. The number of cyclic esters (lactones) is 1. The summed E-state index contributed by atoms with van der Waals surface area (Å²) in [4.78, 5) is 55.9. The number of allylic oxidation sites excluding steroid dienone is 4. The van der Waals surface area contributed by atoms with Crippen LogP contribution in [0.25, 0.3) is 0 Å². The fraction of sp³-hybridized carbons (Fsp3) is 0.789. The van der Waals surface area contributed by atoms with Crippen molar-refractivity contribution in [3.8, 4) is 0 Å². The Bertz CT molecular complexity index is 1220. The maximum atomic E-state index is 14.0. The number of hydrogen-bond acceptors (Lipinski definition) is 10. The summed E-state index contributed by atoms with van der Waals surface area (Å²) < 4.78 is 17.6. The van der Waals surface area contributed by atoms with Crippen molar-refractivity contribution in [2.75, 3.05) is 13.7 Å². The lowest BCUT2D eigenvalue weighted by Gasteiger charge is -2.43. The molecule has 4 rings (SSSR count). The molecule has 0 aromatic rings. The Morgan fingerprint density at radius 1 is 0.959 bits per heavy atom. The molecule has 276 valence electrons. The summed E-state index contributed by atoms with van der Waals surface area (Å²) in [6.07, 6.45) is 10.8. The predicted molar refractivity (Wildman–Crippen MR) is 182 cm³/mol. The molecule has 1 saturated carbocycles. The molecular formula is C38H59NO10. The van der Waals surface area contributed by atoms with Crippen molar-refractivity contribution in [1.82, 2.24) is 4.90 Å². The van der Waals surface area contributed by atoms with Gasteiger partial charge in [-0.1, -0.05) is 45.9 Å². The Labute approximate surface area is 291 Å². The summed E-state index contributed by atoms with van der Waals surface area (Å²) in [5.74, 6) is -6.73. The minimum Gasteiger partial charge on any atom is -0.461 e. The molecule has 3 fully saturated rings. The van der Waals surface area contributed by atoms with E-state index in [1.165, 1.54) is 18.1 Å². The topological polar surface area (TPSA) is 160 Å². The van der Waals surface area contributed by atoms with Crippen LogP contribution in [0.2, 0.25) is 0 Å². The average molecular weight is 690 g/mol. The molecule has 12 atom stereocenters. The van der Waals surface area contributed by atoms with E-state index in [1.807, 2.05) is 13.0 Å². The Morgan fingerprint density at radius 2 is 1.69 bits per heavy atom. The second kappa shape index (κ2) is 17.7. The molecule has 1 aliphatic carbocycles. The molecular weight excluding hydrogens is 630 g/mol. The van der Waals surface area contributed by atoms with Gasteiger partial charge in [-0.2, -0.15) is 0 Å². The minimum atomic E-state index is -2.42.